The molecule has 1 aromatic heterocycles. The Hall–Kier alpha value is -1.59. The summed E-state index contributed by atoms with van der Waals surface area (Å²) in [7, 11) is 1.87. The van der Waals surface area contributed by atoms with Gasteiger partial charge in [-0.2, -0.15) is 0 Å². The minimum atomic E-state index is 0.00511. The van der Waals surface area contributed by atoms with Gasteiger partial charge in [-0.3, -0.25) is 0 Å². The van der Waals surface area contributed by atoms with Crippen LogP contribution in [0.5, 0.6) is 0 Å². The van der Waals surface area contributed by atoms with Gasteiger partial charge in [-0.25, -0.2) is 4.79 Å². The Morgan fingerprint density at radius 2 is 2.37 bits per heavy atom. The molecule has 0 aliphatic heterocycles. The molecule has 0 bridgehead atoms. The molecule has 0 aromatic carbocycles. The van der Waals surface area contributed by atoms with Crippen LogP contribution in [0, 0.1) is 5.92 Å². The maximum Gasteiger partial charge on any atom is 0.317 e. The second kappa shape index (κ2) is 6.04. The van der Waals surface area contributed by atoms with Gasteiger partial charge in [0.25, 0.3) is 0 Å². The van der Waals surface area contributed by atoms with Crippen LogP contribution in [-0.4, -0.2) is 45.3 Å². The predicted molar refractivity (Wildman–Crippen MR) is 72.7 cm³/mol. The van der Waals surface area contributed by atoms with Crippen molar-refractivity contribution >= 4 is 6.03 Å². The third-order valence-electron chi connectivity index (χ3n) is 3.88. The van der Waals surface area contributed by atoms with Gasteiger partial charge in [0, 0.05) is 32.6 Å². The molecular formula is C13H23N5O. The highest BCUT2D eigenvalue weighted by atomic mass is 16.2. The number of amides is 2. The van der Waals surface area contributed by atoms with E-state index in [1.54, 1.807) is 6.33 Å². The predicted octanol–water partition coefficient (Wildman–Crippen LogP) is 1.28. The van der Waals surface area contributed by atoms with Gasteiger partial charge in [0.05, 0.1) is 0 Å². The fraction of sp³-hybridized carbons (Fsp3) is 0.769. The second-order valence-electron chi connectivity index (χ2n) is 5.21. The number of nitrogens with zero attached hydrogens (tertiary/aromatic N) is 4. The molecule has 1 heterocycles. The Balaban J connectivity index is 1.74. The third-order valence-corrected chi connectivity index (χ3v) is 3.88. The van der Waals surface area contributed by atoms with Crippen molar-refractivity contribution in [1.29, 1.82) is 0 Å². The van der Waals surface area contributed by atoms with Crippen molar-refractivity contribution in [3.63, 3.8) is 0 Å². The molecule has 0 saturated heterocycles. The molecular weight excluding hydrogens is 242 g/mol. The molecule has 2 rings (SSSR count). The number of carbonyl (C=O) groups excluding carboxylic acids is 1. The van der Waals surface area contributed by atoms with Crippen LogP contribution >= 0.6 is 0 Å². The summed E-state index contributed by atoms with van der Waals surface area (Å²) in [6.45, 7) is 5.48. The van der Waals surface area contributed by atoms with Crippen LogP contribution in [0.4, 0.5) is 4.79 Å². The summed E-state index contributed by atoms with van der Waals surface area (Å²) in [5.41, 5.74) is 0. The average molecular weight is 265 g/mol. The van der Waals surface area contributed by atoms with Gasteiger partial charge in [0.2, 0.25) is 0 Å². The van der Waals surface area contributed by atoms with E-state index in [9.17, 15) is 4.79 Å². The Morgan fingerprint density at radius 1 is 1.63 bits per heavy atom. The number of rotatable bonds is 6. The number of hydrogen-bond acceptors (Lipinski definition) is 3. The molecule has 1 fully saturated rings. The molecule has 6 heteroatoms. The van der Waals surface area contributed by atoms with Crippen molar-refractivity contribution < 1.29 is 4.79 Å². The molecule has 1 aliphatic rings. The van der Waals surface area contributed by atoms with Crippen LogP contribution in [0.1, 0.15) is 32.5 Å². The topological polar surface area (TPSA) is 63.1 Å². The summed E-state index contributed by atoms with van der Waals surface area (Å²) in [4.78, 5) is 13.8. The fourth-order valence-electron chi connectivity index (χ4n) is 2.23. The number of aryl methyl sites for hydroxylation is 1. The molecule has 106 valence electrons. The van der Waals surface area contributed by atoms with E-state index in [0.717, 1.165) is 12.2 Å². The molecule has 0 radical (unpaired) electrons. The summed E-state index contributed by atoms with van der Waals surface area (Å²) in [5.74, 6) is 1.65. The number of nitrogens with one attached hydrogen (secondary N) is 1. The average Bonchev–Trinajstić information content (AvgIpc) is 3.17. The minimum Gasteiger partial charge on any atom is -0.336 e. The van der Waals surface area contributed by atoms with Gasteiger partial charge in [0.15, 0.2) is 0 Å². The van der Waals surface area contributed by atoms with Crippen LogP contribution in [0.2, 0.25) is 0 Å². The lowest BCUT2D eigenvalue weighted by molar-refractivity contribution is 0.187. The highest BCUT2D eigenvalue weighted by molar-refractivity contribution is 5.74. The van der Waals surface area contributed by atoms with Crippen molar-refractivity contribution in [1.82, 2.24) is 25.0 Å². The van der Waals surface area contributed by atoms with E-state index in [1.165, 1.54) is 12.8 Å². The summed E-state index contributed by atoms with van der Waals surface area (Å²) in [6.07, 6.45) is 5.06. The van der Waals surface area contributed by atoms with Crippen molar-refractivity contribution in [3.05, 3.63) is 12.2 Å². The zero-order chi connectivity index (χ0) is 13.8. The second-order valence-corrected chi connectivity index (χ2v) is 5.21. The third kappa shape index (κ3) is 3.45. The molecule has 1 N–H and O–H groups in total. The zero-order valence-electron chi connectivity index (χ0n) is 12.0. The first-order valence-corrected chi connectivity index (χ1v) is 7.00. The van der Waals surface area contributed by atoms with Gasteiger partial charge in [-0.1, -0.05) is 6.92 Å². The largest absolute Gasteiger partial charge is 0.336 e. The molecule has 2 amide bonds. The lowest BCUT2D eigenvalue weighted by atomic mass is 10.2. The molecule has 1 aliphatic carbocycles. The van der Waals surface area contributed by atoms with Gasteiger partial charge in [-0.15, -0.1) is 10.2 Å². The summed E-state index contributed by atoms with van der Waals surface area (Å²) < 4.78 is 1.98. The Morgan fingerprint density at radius 3 is 3.00 bits per heavy atom. The standard InChI is InChI=1S/C13H23N5O/c1-4-12-16-15-9-18(12)8-7-14-13(19)17(3)10(2)11-5-6-11/h9-11H,4-8H2,1-3H3,(H,14,19)/t10-/m0/s1. The lowest BCUT2D eigenvalue weighted by Gasteiger charge is -2.25. The first-order chi connectivity index (χ1) is 9.13. The maximum absolute atomic E-state index is 12.0. The monoisotopic (exact) mass is 265 g/mol. The van der Waals surface area contributed by atoms with Crippen molar-refractivity contribution in [2.24, 2.45) is 5.92 Å². The first kappa shape index (κ1) is 13.8. The number of aromatic nitrogens is 3. The van der Waals surface area contributed by atoms with Crippen LogP contribution < -0.4 is 5.32 Å². The van der Waals surface area contributed by atoms with Gasteiger partial charge < -0.3 is 14.8 Å². The zero-order valence-corrected chi connectivity index (χ0v) is 12.0. The van der Waals surface area contributed by atoms with Crippen LogP contribution in [0.15, 0.2) is 6.33 Å². The molecule has 1 saturated carbocycles. The van der Waals surface area contributed by atoms with E-state index in [4.69, 9.17) is 0 Å². The quantitative estimate of drug-likeness (QED) is 0.842. The van der Waals surface area contributed by atoms with E-state index >= 15 is 0 Å². The molecule has 1 aromatic rings. The summed E-state index contributed by atoms with van der Waals surface area (Å²) in [6, 6.07) is 0.339. The maximum atomic E-state index is 12.0. The summed E-state index contributed by atoms with van der Waals surface area (Å²) in [5, 5.41) is 10.8. The fourth-order valence-corrected chi connectivity index (χ4v) is 2.23. The van der Waals surface area contributed by atoms with E-state index in [2.05, 4.69) is 22.4 Å². The Kier molecular flexibility index (Phi) is 4.39. The molecule has 19 heavy (non-hydrogen) atoms. The number of carbonyl (C=O) groups is 1. The Bertz CT molecular complexity index is 426. The van der Waals surface area contributed by atoms with E-state index < -0.39 is 0 Å². The SMILES string of the molecule is CCc1nncn1CCNC(=O)N(C)[C@@H](C)C1CC1. The van der Waals surface area contributed by atoms with E-state index in [-0.39, 0.29) is 6.03 Å². The molecule has 6 nitrogen and oxygen atoms in total. The molecule has 1 atom stereocenters. The summed E-state index contributed by atoms with van der Waals surface area (Å²) >= 11 is 0. The van der Waals surface area contributed by atoms with Crippen molar-refractivity contribution in [2.45, 2.75) is 45.7 Å². The highest BCUT2D eigenvalue weighted by Gasteiger charge is 2.32. The van der Waals surface area contributed by atoms with Crippen molar-refractivity contribution in [2.75, 3.05) is 13.6 Å². The van der Waals surface area contributed by atoms with Gasteiger partial charge in [-0.05, 0) is 25.7 Å². The lowest BCUT2D eigenvalue weighted by Crippen LogP contribution is -2.44. The van der Waals surface area contributed by atoms with Crippen LogP contribution in [0.3, 0.4) is 0 Å². The van der Waals surface area contributed by atoms with Gasteiger partial charge >= 0.3 is 6.03 Å². The Labute approximate surface area is 114 Å². The highest BCUT2D eigenvalue weighted by Crippen LogP contribution is 2.34. The van der Waals surface area contributed by atoms with Crippen LogP contribution in [0.25, 0.3) is 0 Å². The number of hydrogen-bond donors (Lipinski definition) is 1. The first-order valence-electron chi connectivity index (χ1n) is 7.00. The number of urea groups is 1. The van der Waals surface area contributed by atoms with E-state index in [1.807, 2.05) is 23.4 Å². The van der Waals surface area contributed by atoms with Crippen molar-refractivity contribution in [3.8, 4) is 0 Å². The minimum absolute atomic E-state index is 0.00511. The van der Waals surface area contributed by atoms with E-state index in [0.29, 0.717) is 25.0 Å². The molecule has 0 spiro atoms. The van der Waals surface area contributed by atoms with Gasteiger partial charge in [0.1, 0.15) is 12.2 Å². The molecule has 0 unspecified atom stereocenters. The van der Waals surface area contributed by atoms with Crippen LogP contribution in [-0.2, 0) is 13.0 Å². The normalized spacial score (nSPS) is 16.2. The smallest absolute Gasteiger partial charge is 0.317 e.